The Morgan fingerprint density at radius 3 is 2.58 bits per heavy atom. The van der Waals surface area contributed by atoms with Crippen molar-refractivity contribution in [1.82, 2.24) is 5.32 Å². The van der Waals surface area contributed by atoms with Crippen LogP contribution in [0.3, 0.4) is 0 Å². The Morgan fingerprint density at radius 2 is 2.16 bits per heavy atom. The molecule has 1 atom stereocenters. The molecule has 0 aliphatic heterocycles. The molecule has 0 bridgehead atoms. The number of halogens is 3. The first-order chi connectivity index (χ1) is 8.74. The Balaban J connectivity index is 2.77. The summed E-state index contributed by atoms with van der Waals surface area (Å²) in [6, 6.07) is 1.48. The summed E-state index contributed by atoms with van der Waals surface area (Å²) in [6.45, 7) is 0. The van der Waals surface area contributed by atoms with Gasteiger partial charge in [-0.1, -0.05) is 0 Å². The molecular formula is C10H7F3N2O3S. The van der Waals surface area contributed by atoms with Crippen LogP contribution < -0.4 is 5.32 Å². The molecule has 0 saturated heterocycles. The van der Waals surface area contributed by atoms with E-state index in [2.05, 4.69) is 0 Å². The Labute approximate surface area is 109 Å². The van der Waals surface area contributed by atoms with Gasteiger partial charge in [-0.05, 0) is 17.0 Å². The fourth-order valence-electron chi connectivity index (χ4n) is 1.22. The first kappa shape index (κ1) is 15.0. The van der Waals surface area contributed by atoms with E-state index in [0.29, 0.717) is 10.4 Å². The van der Waals surface area contributed by atoms with Gasteiger partial charge in [-0.2, -0.15) is 18.4 Å². The summed E-state index contributed by atoms with van der Waals surface area (Å²) >= 11 is 1.04. The molecular weight excluding hydrogens is 285 g/mol. The Morgan fingerprint density at radius 1 is 1.53 bits per heavy atom. The smallest absolute Gasteiger partial charge is 0.471 e. The fourth-order valence-corrected chi connectivity index (χ4v) is 1.93. The van der Waals surface area contributed by atoms with Gasteiger partial charge in [0.1, 0.15) is 17.0 Å². The van der Waals surface area contributed by atoms with E-state index in [1.165, 1.54) is 16.8 Å². The average Bonchev–Trinajstić information content (AvgIpc) is 2.74. The number of rotatable bonds is 4. The molecule has 19 heavy (non-hydrogen) atoms. The minimum absolute atomic E-state index is 0.307. The SMILES string of the molecule is N#Cc1cc(CC(NC(=O)C(F)(F)F)C(=O)O)cs1. The third kappa shape index (κ3) is 4.26. The number of thiophene rings is 1. The molecule has 0 radical (unpaired) electrons. The zero-order valence-electron chi connectivity index (χ0n) is 9.19. The summed E-state index contributed by atoms with van der Waals surface area (Å²) in [7, 11) is 0. The third-order valence-electron chi connectivity index (χ3n) is 2.06. The maximum Gasteiger partial charge on any atom is 0.471 e. The second-order valence-electron chi connectivity index (χ2n) is 3.50. The topological polar surface area (TPSA) is 90.2 Å². The second kappa shape index (κ2) is 5.71. The van der Waals surface area contributed by atoms with Gasteiger partial charge in [0.2, 0.25) is 0 Å². The number of carbonyl (C=O) groups is 2. The van der Waals surface area contributed by atoms with Gasteiger partial charge in [-0.25, -0.2) is 4.79 Å². The van der Waals surface area contributed by atoms with Crippen molar-refractivity contribution in [3.63, 3.8) is 0 Å². The lowest BCUT2D eigenvalue weighted by Gasteiger charge is -2.14. The van der Waals surface area contributed by atoms with Crippen LogP contribution >= 0.6 is 11.3 Å². The molecule has 5 nitrogen and oxygen atoms in total. The molecule has 0 fully saturated rings. The number of nitrogens with one attached hydrogen (secondary N) is 1. The summed E-state index contributed by atoms with van der Waals surface area (Å²) in [4.78, 5) is 21.8. The minimum Gasteiger partial charge on any atom is -0.480 e. The monoisotopic (exact) mass is 292 g/mol. The summed E-state index contributed by atoms with van der Waals surface area (Å²) in [6.07, 6.45) is -5.46. The van der Waals surface area contributed by atoms with Gasteiger partial charge >= 0.3 is 18.1 Å². The van der Waals surface area contributed by atoms with E-state index in [1.54, 1.807) is 0 Å². The average molecular weight is 292 g/mol. The lowest BCUT2D eigenvalue weighted by atomic mass is 10.1. The number of carbonyl (C=O) groups excluding carboxylic acids is 1. The second-order valence-corrected chi connectivity index (χ2v) is 4.41. The largest absolute Gasteiger partial charge is 0.480 e. The van der Waals surface area contributed by atoms with Crippen molar-refractivity contribution in [3.05, 3.63) is 21.9 Å². The van der Waals surface area contributed by atoms with E-state index in [-0.39, 0.29) is 6.42 Å². The van der Waals surface area contributed by atoms with Crippen molar-refractivity contribution in [1.29, 1.82) is 5.26 Å². The summed E-state index contributed by atoms with van der Waals surface area (Å²) in [5, 5.41) is 20.2. The Bertz CT molecular complexity index is 533. The van der Waals surface area contributed by atoms with Crippen LogP contribution in [-0.4, -0.2) is 29.2 Å². The van der Waals surface area contributed by atoms with Gasteiger partial charge in [0.15, 0.2) is 0 Å². The number of carboxylic acid groups (broad SMARTS) is 1. The van der Waals surface area contributed by atoms with Crippen molar-refractivity contribution in [2.75, 3.05) is 0 Å². The highest BCUT2D eigenvalue weighted by atomic mass is 32.1. The zero-order chi connectivity index (χ0) is 14.6. The van der Waals surface area contributed by atoms with Gasteiger partial charge in [0, 0.05) is 6.42 Å². The van der Waals surface area contributed by atoms with Gasteiger partial charge in [0.25, 0.3) is 0 Å². The number of hydrogen-bond donors (Lipinski definition) is 2. The van der Waals surface area contributed by atoms with Crippen molar-refractivity contribution in [3.8, 4) is 6.07 Å². The van der Waals surface area contributed by atoms with E-state index < -0.39 is 24.1 Å². The van der Waals surface area contributed by atoms with Gasteiger partial charge in [0.05, 0.1) is 0 Å². The van der Waals surface area contributed by atoms with Crippen molar-refractivity contribution in [2.24, 2.45) is 0 Å². The van der Waals surface area contributed by atoms with E-state index in [9.17, 15) is 22.8 Å². The lowest BCUT2D eigenvalue weighted by Crippen LogP contribution is -2.47. The van der Waals surface area contributed by atoms with E-state index in [4.69, 9.17) is 10.4 Å². The molecule has 0 aliphatic carbocycles. The van der Waals surface area contributed by atoms with Crippen LogP contribution in [0.2, 0.25) is 0 Å². The first-order valence-electron chi connectivity index (χ1n) is 4.82. The first-order valence-corrected chi connectivity index (χ1v) is 5.70. The van der Waals surface area contributed by atoms with Crippen LogP contribution in [0.4, 0.5) is 13.2 Å². The van der Waals surface area contributed by atoms with Crippen LogP contribution in [0.1, 0.15) is 10.4 Å². The summed E-state index contributed by atoms with van der Waals surface area (Å²) in [5.74, 6) is -3.89. The number of alkyl halides is 3. The minimum atomic E-state index is -5.14. The number of amides is 1. The van der Waals surface area contributed by atoms with Crippen LogP contribution in [0.5, 0.6) is 0 Å². The highest BCUT2D eigenvalue weighted by Gasteiger charge is 2.40. The molecule has 102 valence electrons. The lowest BCUT2D eigenvalue weighted by molar-refractivity contribution is -0.175. The molecule has 0 spiro atoms. The molecule has 1 aromatic rings. The summed E-state index contributed by atoms with van der Waals surface area (Å²) < 4.78 is 36.1. The number of hydrogen-bond acceptors (Lipinski definition) is 4. The van der Waals surface area contributed by atoms with Gasteiger partial charge in [-0.3, -0.25) is 4.79 Å². The van der Waals surface area contributed by atoms with Crippen LogP contribution in [0.25, 0.3) is 0 Å². The van der Waals surface area contributed by atoms with Crippen molar-refractivity contribution < 1.29 is 27.9 Å². The van der Waals surface area contributed by atoms with Crippen molar-refractivity contribution in [2.45, 2.75) is 18.6 Å². The van der Waals surface area contributed by atoms with E-state index in [1.807, 2.05) is 6.07 Å². The van der Waals surface area contributed by atoms with Crippen LogP contribution in [0, 0.1) is 11.3 Å². The predicted octanol–water partition coefficient (Wildman–Crippen LogP) is 1.29. The quantitative estimate of drug-likeness (QED) is 0.875. The molecule has 0 aromatic carbocycles. The maximum absolute atomic E-state index is 12.0. The number of nitriles is 1. The normalized spacial score (nSPS) is 12.5. The highest BCUT2D eigenvalue weighted by molar-refractivity contribution is 7.10. The molecule has 1 rings (SSSR count). The fraction of sp³-hybridized carbons (Fsp3) is 0.300. The molecule has 1 amide bonds. The van der Waals surface area contributed by atoms with E-state index in [0.717, 1.165) is 11.3 Å². The number of nitrogens with zero attached hydrogens (tertiary/aromatic N) is 1. The van der Waals surface area contributed by atoms with Gasteiger partial charge < -0.3 is 10.4 Å². The van der Waals surface area contributed by atoms with Crippen LogP contribution in [0.15, 0.2) is 11.4 Å². The summed E-state index contributed by atoms with van der Waals surface area (Å²) in [5.41, 5.74) is 0.372. The van der Waals surface area contributed by atoms with Crippen molar-refractivity contribution >= 4 is 23.2 Å². The molecule has 9 heteroatoms. The molecule has 2 N–H and O–H groups in total. The molecule has 1 heterocycles. The standard InChI is InChI=1S/C10H7F3N2O3S/c11-10(12,13)9(18)15-7(8(16)17)2-5-1-6(3-14)19-4-5/h1,4,7H,2H2,(H,15,18)(H,16,17). The highest BCUT2D eigenvalue weighted by Crippen LogP contribution is 2.17. The van der Waals surface area contributed by atoms with Gasteiger partial charge in [-0.15, -0.1) is 11.3 Å². The van der Waals surface area contributed by atoms with Crippen LogP contribution in [-0.2, 0) is 16.0 Å². The molecule has 1 unspecified atom stereocenters. The Kier molecular flexibility index (Phi) is 4.50. The number of aliphatic carboxylic acids is 1. The Hall–Kier alpha value is -2.08. The third-order valence-corrected chi connectivity index (χ3v) is 2.95. The predicted molar refractivity (Wildman–Crippen MR) is 58.4 cm³/mol. The molecule has 0 aliphatic rings. The molecule has 1 aromatic heterocycles. The molecule has 0 saturated carbocycles. The zero-order valence-corrected chi connectivity index (χ0v) is 10.0. The number of carboxylic acids is 1. The van der Waals surface area contributed by atoms with E-state index >= 15 is 0 Å². The maximum atomic E-state index is 12.0.